The van der Waals surface area contributed by atoms with Crippen molar-refractivity contribution >= 4 is 5.97 Å². The van der Waals surface area contributed by atoms with E-state index in [0.717, 1.165) is 12.8 Å². The van der Waals surface area contributed by atoms with Gasteiger partial charge >= 0.3 is 5.97 Å². The molecule has 0 radical (unpaired) electrons. The third-order valence-electron chi connectivity index (χ3n) is 3.58. The number of hydrogen-bond donors (Lipinski definition) is 0. The fourth-order valence-electron chi connectivity index (χ4n) is 3.39. The standard InChI is InChI=1S/C11H18O2/c1-10(2)7-11(3)6-4-5-8(12)13-9(10)11/h9H,4-7H2,1-3H3. The van der Waals surface area contributed by atoms with E-state index in [9.17, 15) is 4.79 Å². The summed E-state index contributed by atoms with van der Waals surface area (Å²) in [4.78, 5) is 11.3. The second-order valence-corrected chi connectivity index (χ2v) is 5.54. The Morgan fingerprint density at radius 2 is 2.08 bits per heavy atom. The number of carbonyl (C=O) groups excluding carboxylic acids is 1. The molecule has 2 nitrogen and oxygen atoms in total. The van der Waals surface area contributed by atoms with Gasteiger partial charge in [-0.2, -0.15) is 0 Å². The van der Waals surface area contributed by atoms with E-state index in [1.165, 1.54) is 6.42 Å². The van der Waals surface area contributed by atoms with Gasteiger partial charge in [-0.05, 0) is 19.3 Å². The van der Waals surface area contributed by atoms with E-state index in [1.807, 2.05) is 0 Å². The Balaban J connectivity index is 2.19. The van der Waals surface area contributed by atoms with Gasteiger partial charge in [0.05, 0.1) is 0 Å². The number of hydrogen-bond acceptors (Lipinski definition) is 2. The van der Waals surface area contributed by atoms with Crippen LogP contribution >= 0.6 is 0 Å². The van der Waals surface area contributed by atoms with Crippen molar-refractivity contribution in [3.8, 4) is 0 Å². The average Bonchev–Trinajstić information content (AvgIpc) is 2.09. The molecule has 0 amide bonds. The molecule has 0 aromatic heterocycles. The molecule has 1 heterocycles. The van der Waals surface area contributed by atoms with Crippen molar-refractivity contribution in [2.24, 2.45) is 10.8 Å². The van der Waals surface area contributed by atoms with Crippen molar-refractivity contribution in [3.05, 3.63) is 0 Å². The lowest BCUT2D eigenvalue weighted by Crippen LogP contribution is -2.57. The van der Waals surface area contributed by atoms with E-state index in [1.54, 1.807) is 0 Å². The first-order chi connectivity index (χ1) is 5.94. The van der Waals surface area contributed by atoms with Crippen molar-refractivity contribution in [1.82, 2.24) is 0 Å². The zero-order valence-corrected chi connectivity index (χ0v) is 8.72. The summed E-state index contributed by atoms with van der Waals surface area (Å²) in [5.74, 6) is 0.00139. The fourth-order valence-corrected chi connectivity index (χ4v) is 3.39. The summed E-state index contributed by atoms with van der Waals surface area (Å²) in [7, 11) is 0. The van der Waals surface area contributed by atoms with Gasteiger partial charge in [0.25, 0.3) is 0 Å². The van der Waals surface area contributed by atoms with Gasteiger partial charge in [0, 0.05) is 17.3 Å². The number of rotatable bonds is 0. The minimum atomic E-state index is 0.00139. The van der Waals surface area contributed by atoms with Crippen LogP contribution in [0.25, 0.3) is 0 Å². The van der Waals surface area contributed by atoms with E-state index >= 15 is 0 Å². The monoisotopic (exact) mass is 182 g/mol. The van der Waals surface area contributed by atoms with Crippen molar-refractivity contribution in [2.45, 2.75) is 52.6 Å². The molecule has 0 bridgehead atoms. The zero-order chi connectivity index (χ0) is 9.69. The van der Waals surface area contributed by atoms with Gasteiger partial charge in [0.1, 0.15) is 6.10 Å². The van der Waals surface area contributed by atoms with E-state index < -0.39 is 0 Å². The van der Waals surface area contributed by atoms with E-state index in [2.05, 4.69) is 20.8 Å². The Labute approximate surface area is 79.7 Å². The summed E-state index contributed by atoms with van der Waals surface area (Å²) >= 11 is 0. The quantitative estimate of drug-likeness (QED) is 0.538. The van der Waals surface area contributed by atoms with Gasteiger partial charge < -0.3 is 4.74 Å². The first kappa shape index (κ1) is 9.04. The van der Waals surface area contributed by atoms with Crippen LogP contribution in [-0.4, -0.2) is 12.1 Å². The highest BCUT2D eigenvalue weighted by atomic mass is 16.5. The van der Waals surface area contributed by atoms with E-state index in [0.29, 0.717) is 6.42 Å². The fraction of sp³-hybridized carbons (Fsp3) is 0.909. The summed E-state index contributed by atoms with van der Waals surface area (Å²) in [6.07, 6.45) is 4.12. The molecule has 1 aliphatic carbocycles. The Morgan fingerprint density at radius 1 is 1.38 bits per heavy atom. The average molecular weight is 182 g/mol. The van der Waals surface area contributed by atoms with Crippen LogP contribution in [0.3, 0.4) is 0 Å². The molecule has 2 atom stereocenters. The molecule has 2 aliphatic rings. The molecule has 0 aromatic rings. The van der Waals surface area contributed by atoms with Gasteiger partial charge in [-0.15, -0.1) is 0 Å². The highest BCUT2D eigenvalue weighted by molar-refractivity contribution is 5.70. The Morgan fingerprint density at radius 3 is 2.69 bits per heavy atom. The maximum absolute atomic E-state index is 11.3. The van der Waals surface area contributed by atoms with E-state index in [4.69, 9.17) is 4.74 Å². The lowest BCUT2D eigenvalue weighted by molar-refractivity contribution is -0.197. The Hall–Kier alpha value is -0.530. The molecule has 1 saturated heterocycles. The molecule has 2 unspecified atom stereocenters. The van der Waals surface area contributed by atoms with Gasteiger partial charge in [-0.1, -0.05) is 20.8 Å². The normalized spacial score (nSPS) is 42.7. The van der Waals surface area contributed by atoms with Crippen molar-refractivity contribution in [3.63, 3.8) is 0 Å². The van der Waals surface area contributed by atoms with Crippen LogP contribution in [-0.2, 0) is 9.53 Å². The van der Waals surface area contributed by atoms with Crippen LogP contribution in [0.2, 0.25) is 0 Å². The number of carbonyl (C=O) groups is 1. The van der Waals surface area contributed by atoms with Gasteiger partial charge in [0.15, 0.2) is 0 Å². The predicted molar refractivity (Wildman–Crippen MR) is 50.2 cm³/mol. The molecule has 0 spiro atoms. The van der Waals surface area contributed by atoms with Crippen LogP contribution in [0.4, 0.5) is 0 Å². The summed E-state index contributed by atoms with van der Waals surface area (Å²) in [5, 5.41) is 0. The van der Waals surface area contributed by atoms with E-state index in [-0.39, 0.29) is 22.9 Å². The Kier molecular flexibility index (Phi) is 1.73. The molecule has 2 heteroatoms. The molecule has 1 saturated carbocycles. The summed E-state index contributed by atoms with van der Waals surface area (Å²) < 4.78 is 5.49. The zero-order valence-electron chi connectivity index (χ0n) is 8.72. The molecule has 0 N–H and O–H groups in total. The predicted octanol–water partition coefficient (Wildman–Crippen LogP) is 2.52. The molecule has 1 aliphatic heterocycles. The molecular formula is C11H18O2. The SMILES string of the molecule is CC1(C)CC2(C)CCCC(=O)OC12. The lowest BCUT2D eigenvalue weighted by Gasteiger charge is -2.57. The van der Waals surface area contributed by atoms with Crippen LogP contribution in [0.5, 0.6) is 0 Å². The number of fused-ring (bicyclic) bond motifs is 1. The van der Waals surface area contributed by atoms with Gasteiger partial charge in [0.2, 0.25) is 0 Å². The summed E-state index contributed by atoms with van der Waals surface area (Å²) in [6, 6.07) is 0. The topological polar surface area (TPSA) is 26.3 Å². The molecular weight excluding hydrogens is 164 g/mol. The smallest absolute Gasteiger partial charge is 0.306 e. The summed E-state index contributed by atoms with van der Waals surface area (Å²) in [6.45, 7) is 6.64. The van der Waals surface area contributed by atoms with Crippen LogP contribution in [0, 0.1) is 10.8 Å². The minimum absolute atomic E-state index is 0.00139. The third-order valence-corrected chi connectivity index (χ3v) is 3.58. The molecule has 0 aromatic carbocycles. The van der Waals surface area contributed by atoms with Gasteiger partial charge in [-0.3, -0.25) is 4.79 Å². The number of ether oxygens (including phenoxy) is 1. The lowest BCUT2D eigenvalue weighted by atomic mass is 9.51. The van der Waals surface area contributed by atoms with Crippen molar-refractivity contribution < 1.29 is 9.53 Å². The highest BCUT2D eigenvalue weighted by Crippen LogP contribution is 2.59. The molecule has 2 fully saturated rings. The molecule has 2 rings (SSSR count). The van der Waals surface area contributed by atoms with Crippen molar-refractivity contribution in [1.29, 1.82) is 0 Å². The maximum Gasteiger partial charge on any atom is 0.306 e. The molecule has 74 valence electrons. The van der Waals surface area contributed by atoms with Crippen LogP contribution in [0.15, 0.2) is 0 Å². The second kappa shape index (κ2) is 2.49. The van der Waals surface area contributed by atoms with Gasteiger partial charge in [-0.25, -0.2) is 0 Å². The number of esters is 1. The Bertz CT molecular complexity index is 244. The van der Waals surface area contributed by atoms with Crippen molar-refractivity contribution in [2.75, 3.05) is 0 Å². The largest absolute Gasteiger partial charge is 0.461 e. The minimum Gasteiger partial charge on any atom is -0.461 e. The second-order valence-electron chi connectivity index (χ2n) is 5.54. The first-order valence-electron chi connectivity index (χ1n) is 5.14. The summed E-state index contributed by atoms with van der Waals surface area (Å²) in [5.41, 5.74) is 0.477. The third kappa shape index (κ3) is 1.27. The van der Waals surface area contributed by atoms with Crippen LogP contribution in [0.1, 0.15) is 46.5 Å². The first-order valence-corrected chi connectivity index (χ1v) is 5.14. The maximum atomic E-state index is 11.3. The highest BCUT2D eigenvalue weighted by Gasteiger charge is 2.58. The van der Waals surface area contributed by atoms with Crippen LogP contribution < -0.4 is 0 Å². The molecule has 13 heavy (non-hydrogen) atoms.